The van der Waals surface area contributed by atoms with E-state index in [2.05, 4.69) is 5.32 Å². The quantitative estimate of drug-likeness (QED) is 0.0273. The third kappa shape index (κ3) is 54.1. The minimum Gasteiger partial charge on any atom is -0.480 e. The highest BCUT2D eigenvalue weighted by atomic mass is 32.2. The Labute approximate surface area is 625 Å². The van der Waals surface area contributed by atoms with Crippen molar-refractivity contribution in [1.29, 1.82) is 0 Å². The van der Waals surface area contributed by atoms with E-state index in [0.717, 1.165) is 70.8 Å². The molecule has 0 aliphatic carbocycles. The smallest absolute Gasteiger partial charge is 0.322 e. The highest BCUT2D eigenvalue weighted by Gasteiger charge is 2.26. The van der Waals surface area contributed by atoms with Crippen LogP contribution in [0.5, 0.6) is 0 Å². The Morgan fingerprint density at radius 2 is 0.720 bits per heavy atom. The molecule has 107 heavy (non-hydrogen) atoms. The van der Waals surface area contributed by atoms with Gasteiger partial charge in [-0.15, -0.1) is 0 Å². The number of carboxylic acid groups (broad SMARTS) is 8. The van der Waals surface area contributed by atoms with Crippen LogP contribution < -0.4 is 51.2 Å². The van der Waals surface area contributed by atoms with Crippen molar-refractivity contribution in [3.63, 3.8) is 0 Å². The van der Waals surface area contributed by atoms with Crippen LogP contribution in [0.25, 0.3) is 0 Å². The molecule has 0 bridgehead atoms. The minimum atomic E-state index is -1.17. The fourth-order valence-corrected chi connectivity index (χ4v) is 10.2. The number of carboxylic acids is 8. The number of hydrogen-bond donors (Lipinski definition) is 17. The zero-order valence-corrected chi connectivity index (χ0v) is 61.4. The summed E-state index contributed by atoms with van der Waals surface area (Å²) in [7, 11) is 0. The summed E-state index contributed by atoms with van der Waals surface area (Å²) in [5.41, 5.74) is 42.3. The molecule has 0 amide bonds. The number of nitrogens with one attached hydrogen (secondary N) is 1. The lowest BCUT2D eigenvalue weighted by Gasteiger charge is -2.11. The molecule has 8 saturated heterocycles. The average Bonchev–Trinajstić information content (AvgIpc) is 1.90. The normalized spacial score (nSPS) is 20.6. The number of nitrogens with two attached hydrogens (primary N) is 8. The van der Waals surface area contributed by atoms with Crippen LogP contribution >= 0.6 is 11.8 Å². The number of unbranched alkanes of at least 4 members (excludes halogenated alkanes) is 3. The lowest BCUT2D eigenvalue weighted by atomic mass is 10.1. The fourth-order valence-electron chi connectivity index (χ4n) is 9.32. The number of aliphatic carboxylic acids is 8. The zero-order chi connectivity index (χ0) is 79.7. The molecule has 624 valence electrons. The standard InChI is InChI=1S/C10H19NO4.C10H19NO3.C8H13NO5.C8H15NO4.C7H14N2O4.C7H13NO5.C7H13NO4S.C7H13NO4/c11-8(10(12)13)4-2-1-3-5-9-14-6-7-15-9;11-9(10(12)13)6-2-1-4-8-5-3-7-14-8;9-6(8(11)12)3-5(10)4-7-13-1-2-14-7;9-6(8(10)11)2-1-3-7-12-4-5-13-7;8-5(7(10)11)3-9-4-6-12-1-2-13-6;8-5(7(9)10)3-11-4-6-12-1-2-13-6;8-5(7(9)10)3-13-4-6-11-1-2-12-6;8-5(7(9)10)1-2-6-11-3-4-12-6/h8-9H,1-7,11H2,(H,12,13);8-9H,1-7,11H2,(H,12,13);6-7H,1-4,9H2,(H,11,12);6-7H,1-5,9H2,(H,10,11);5-6,9H,1-4,8H2,(H,10,11);2*5-6H,1-4,8H2,(H,9,10);5-6H,1-4,8H2,(H,9,10). The van der Waals surface area contributed by atoms with Gasteiger partial charge in [0.15, 0.2) is 44.0 Å². The van der Waals surface area contributed by atoms with Crippen LogP contribution in [0.3, 0.4) is 0 Å². The average molecular weight is 1570 g/mol. The minimum absolute atomic E-state index is 0.0292. The number of ether oxygens (including phenoxy) is 16. The number of Topliss-reactive ketones (excluding diaryl/α,β-unsaturated/α-hetero) is 1. The van der Waals surface area contributed by atoms with E-state index in [0.29, 0.717) is 149 Å². The third-order valence-corrected chi connectivity index (χ3v) is 16.5. The van der Waals surface area contributed by atoms with Gasteiger partial charge < -0.3 is 168 Å². The molecule has 0 spiro atoms. The van der Waals surface area contributed by atoms with Gasteiger partial charge in [0.2, 0.25) is 0 Å². The number of ketones is 1. The molecule has 9 unspecified atom stereocenters. The van der Waals surface area contributed by atoms with Gasteiger partial charge in [-0.25, -0.2) is 0 Å². The van der Waals surface area contributed by atoms with Crippen LogP contribution in [0.1, 0.15) is 116 Å². The summed E-state index contributed by atoms with van der Waals surface area (Å²) in [6, 6.07) is -6.78. The van der Waals surface area contributed by atoms with Crippen molar-refractivity contribution in [2.75, 3.05) is 137 Å². The van der Waals surface area contributed by atoms with Crippen molar-refractivity contribution in [3.05, 3.63) is 0 Å². The van der Waals surface area contributed by atoms with Crippen molar-refractivity contribution in [2.24, 2.45) is 45.9 Å². The van der Waals surface area contributed by atoms with E-state index < -0.39 is 102 Å². The van der Waals surface area contributed by atoms with E-state index in [9.17, 15) is 43.2 Å². The molecule has 8 aliphatic heterocycles. The van der Waals surface area contributed by atoms with Gasteiger partial charge >= 0.3 is 47.8 Å². The van der Waals surface area contributed by atoms with E-state index in [1.54, 1.807) is 0 Å². The fraction of sp³-hybridized carbons (Fsp3) is 0.859. The van der Waals surface area contributed by atoms with Crippen LogP contribution in [0.4, 0.5) is 0 Å². The molecule has 43 heteroatoms. The van der Waals surface area contributed by atoms with Gasteiger partial charge in [-0.1, -0.05) is 25.7 Å². The molecule has 8 aliphatic rings. The Morgan fingerprint density at radius 3 is 1.15 bits per heavy atom. The van der Waals surface area contributed by atoms with E-state index in [4.69, 9.17) is 163 Å². The van der Waals surface area contributed by atoms with Crippen molar-refractivity contribution in [2.45, 2.75) is 214 Å². The molecular weight excluding hydrogens is 1450 g/mol. The summed E-state index contributed by atoms with van der Waals surface area (Å²) in [5, 5.41) is 70.7. The highest BCUT2D eigenvalue weighted by Crippen LogP contribution is 2.20. The molecule has 0 radical (unpaired) electrons. The molecule has 8 fully saturated rings. The van der Waals surface area contributed by atoms with Crippen LogP contribution in [-0.4, -0.2) is 330 Å². The monoisotopic (exact) mass is 1570 g/mol. The van der Waals surface area contributed by atoms with Crippen molar-refractivity contribution in [3.8, 4) is 0 Å². The molecule has 0 aromatic carbocycles. The van der Waals surface area contributed by atoms with Crippen LogP contribution in [0, 0.1) is 0 Å². The maximum absolute atomic E-state index is 11.2. The number of hydrogen-bond acceptors (Lipinski definition) is 35. The van der Waals surface area contributed by atoms with Gasteiger partial charge in [0.1, 0.15) is 54.1 Å². The van der Waals surface area contributed by atoms with Crippen LogP contribution in [-0.2, 0) is 119 Å². The van der Waals surface area contributed by atoms with E-state index in [1.807, 2.05) is 0 Å². The lowest BCUT2D eigenvalue weighted by molar-refractivity contribution is -0.142. The van der Waals surface area contributed by atoms with Gasteiger partial charge in [-0.3, -0.25) is 43.2 Å². The number of thioether (sulfide) groups is 1. The first-order chi connectivity index (χ1) is 51.0. The number of carbonyl (C=O) groups is 9. The molecule has 42 nitrogen and oxygen atoms in total. The molecular formula is C64H119N9O33S. The number of rotatable bonds is 42. The largest absolute Gasteiger partial charge is 0.480 e. The predicted octanol–water partition coefficient (Wildman–Crippen LogP) is -2.87. The van der Waals surface area contributed by atoms with Gasteiger partial charge in [0.25, 0.3) is 0 Å². The second kappa shape index (κ2) is 62.4. The summed E-state index contributed by atoms with van der Waals surface area (Å²) < 4.78 is 82.4. The Hall–Kier alpha value is -5.22. The SMILES string of the molecule is NC(CC(=O)CC1OCCO1)C(=O)O.NC(CCC1OCCO1)C(=O)O.NC(CCCC1OCCO1)C(=O)O.NC(CCCCC1CCCO1)C(=O)O.NC(CCCCCC1OCCO1)C(=O)O.NC(CNCC1OCCO1)C(=O)O.NC(COCC1OCCO1)C(=O)O.NC(CSCC1OCCO1)C(=O)O. The first kappa shape index (κ1) is 99.8. The Kier molecular flexibility index (Phi) is 58.2. The third-order valence-electron chi connectivity index (χ3n) is 15.4. The first-order valence-corrected chi connectivity index (χ1v) is 36.6. The second-order valence-corrected chi connectivity index (χ2v) is 25.6. The molecule has 0 aromatic heterocycles. The molecule has 8 heterocycles. The van der Waals surface area contributed by atoms with Crippen LogP contribution in [0.15, 0.2) is 0 Å². The highest BCUT2D eigenvalue weighted by molar-refractivity contribution is 7.99. The maximum Gasteiger partial charge on any atom is 0.322 e. The molecule has 8 rings (SSSR count). The maximum atomic E-state index is 11.2. The van der Waals surface area contributed by atoms with Crippen molar-refractivity contribution in [1.82, 2.24) is 5.32 Å². The molecule has 0 aromatic rings. The summed E-state index contributed by atoms with van der Waals surface area (Å²) in [6.45, 7) is 10.1. The summed E-state index contributed by atoms with van der Waals surface area (Å²) in [4.78, 5) is 93.9. The molecule has 9 atom stereocenters. The summed E-state index contributed by atoms with van der Waals surface area (Å²) in [5.74, 6) is -7.21. The van der Waals surface area contributed by atoms with Gasteiger partial charge in [-0.05, 0) is 70.6 Å². The topological polar surface area (TPSA) is 683 Å². The molecule has 0 saturated carbocycles. The van der Waals surface area contributed by atoms with E-state index in [-0.39, 0.29) is 76.1 Å². The predicted molar refractivity (Wildman–Crippen MR) is 374 cm³/mol. The van der Waals surface area contributed by atoms with Crippen molar-refractivity contribution >= 4 is 65.3 Å². The van der Waals surface area contributed by atoms with E-state index >= 15 is 0 Å². The Bertz CT molecular complexity index is 2230. The Morgan fingerprint density at radius 1 is 0.355 bits per heavy atom. The van der Waals surface area contributed by atoms with Gasteiger partial charge in [-0.2, -0.15) is 11.8 Å². The second-order valence-electron chi connectivity index (χ2n) is 24.5. The van der Waals surface area contributed by atoms with Crippen LogP contribution in [0.2, 0.25) is 0 Å². The lowest BCUT2D eigenvalue weighted by Crippen LogP contribution is -2.42. The van der Waals surface area contributed by atoms with Gasteiger partial charge in [0, 0.05) is 44.0 Å². The summed E-state index contributed by atoms with van der Waals surface area (Å²) in [6.07, 6.45) is 11.5. The zero-order valence-electron chi connectivity index (χ0n) is 60.6. The molecule has 25 N–H and O–H groups in total. The van der Waals surface area contributed by atoms with E-state index in [1.165, 1.54) is 18.2 Å². The van der Waals surface area contributed by atoms with Crippen molar-refractivity contribution < 1.29 is 160 Å². The summed E-state index contributed by atoms with van der Waals surface area (Å²) >= 11 is 1.43. The van der Waals surface area contributed by atoms with Gasteiger partial charge in [0.05, 0.1) is 118 Å². The number of carbonyl (C=O) groups excluding carboxylic acids is 1. The first-order valence-electron chi connectivity index (χ1n) is 35.5. The Balaban J connectivity index is 0.000000612.